The maximum atomic E-state index is 6.12. The average molecular weight is 236 g/mol. The van der Waals surface area contributed by atoms with Crippen LogP contribution in [0.15, 0.2) is 18.2 Å². The fraction of sp³-hybridized carbons (Fsp3) is 0.417. The van der Waals surface area contributed by atoms with E-state index < -0.39 is 0 Å². The highest BCUT2D eigenvalue weighted by molar-refractivity contribution is 6.34. The summed E-state index contributed by atoms with van der Waals surface area (Å²) in [5.41, 5.74) is 2.00. The molecule has 0 aliphatic heterocycles. The van der Waals surface area contributed by atoms with E-state index >= 15 is 0 Å². The molecule has 1 fully saturated rings. The topological polar surface area (TPSA) is 29.9 Å². The molecule has 1 aliphatic rings. The Bertz CT molecular complexity index is 528. The van der Waals surface area contributed by atoms with Gasteiger partial charge in [0, 0.05) is 13.1 Å². The summed E-state index contributed by atoms with van der Waals surface area (Å²) in [6.45, 7) is 0.826. The summed E-state index contributed by atoms with van der Waals surface area (Å²) < 4.78 is 2.11. The van der Waals surface area contributed by atoms with Crippen LogP contribution in [-0.4, -0.2) is 15.6 Å². The SMILES string of the molecule is Cn1c(CNC2CC2)nc2c(Cl)cccc21. The maximum Gasteiger partial charge on any atom is 0.123 e. The quantitative estimate of drug-likeness (QED) is 0.886. The second kappa shape index (κ2) is 3.75. The Labute approximate surface area is 99.4 Å². The summed E-state index contributed by atoms with van der Waals surface area (Å²) in [5, 5.41) is 4.20. The lowest BCUT2D eigenvalue weighted by Crippen LogP contribution is -2.18. The molecule has 84 valence electrons. The van der Waals surface area contributed by atoms with Gasteiger partial charge in [-0.2, -0.15) is 0 Å². The third-order valence-electron chi connectivity index (χ3n) is 3.08. The average Bonchev–Trinajstić information content (AvgIpc) is 3.04. The molecule has 0 atom stereocenters. The van der Waals surface area contributed by atoms with E-state index in [-0.39, 0.29) is 0 Å². The fourth-order valence-electron chi connectivity index (χ4n) is 1.91. The van der Waals surface area contributed by atoms with Crippen LogP contribution in [0, 0.1) is 0 Å². The Kier molecular flexibility index (Phi) is 2.37. The number of imidazole rings is 1. The van der Waals surface area contributed by atoms with Gasteiger partial charge in [0.1, 0.15) is 11.3 Å². The van der Waals surface area contributed by atoms with Gasteiger partial charge in [-0.25, -0.2) is 4.98 Å². The van der Waals surface area contributed by atoms with E-state index in [1.165, 1.54) is 12.8 Å². The molecule has 1 heterocycles. The minimum atomic E-state index is 0.704. The van der Waals surface area contributed by atoms with Crippen molar-refractivity contribution in [3.63, 3.8) is 0 Å². The van der Waals surface area contributed by atoms with E-state index in [0.717, 1.165) is 28.4 Å². The van der Waals surface area contributed by atoms with Crippen molar-refractivity contribution in [2.45, 2.75) is 25.4 Å². The summed E-state index contributed by atoms with van der Waals surface area (Å²) in [6, 6.07) is 6.60. The second-order valence-corrected chi connectivity index (χ2v) is 4.76. The number of benzene rings is 1. The number of rotatable bonds is 3. The zero-order valence-corrected chi connectivity index (χ0v) is 9.96. The minimum Gasteiger partial charge on any atom is -0.330 e. The predicted molar refractivity (Wildman–Crippen MR) is 65.6 cm³/mol. The Morgan fingerprint density at radius 2 is 2.31 bits per heavy atom. The fourth-order valence-corrected chi connectivity index (χ4v) is 2.12. The Balaban J connectivity index is 1.97. The number of para-hydroxylation sites is 1. The highest BCUT2D eigenvalue weighted by Crippen LogP contribution is 2.24. The monoisotopic (exact) mass is 235 g/mol. The van der Waals surface area contributed by atoms with E-state index in [1.54, 1.807) is 0 Å². The van der Waals surface area contributed by atoms with Crippen LogP contribution in [0.4, 0.5) is 0 Å². The number of aromatic nitrogens is 2. The van der Waals surface area contributed by atoms with Crippen LogP contribution in [0.1, 0.15) is 18.7 Å². The molecule has 16 heavy (non-hydrogen) atoms. The van der Waals surface area contributed by atoms with E-state index in [9.17, 15) is 0 Å². The molecule has 1 aromatic heterocycles. The van der Waals surface area contributed by atoms with Gasteiger partial charge in [0.15, 0.2) is 0 Å². The van der Waals surface area contributed by atoms with Crippen LogP contribution >= 0.6 is 11.6 Å². The van der Waals surface area contributed by atoms with Gasteiger partial charge in [0.05, 0.1) is 17.1 Å². The Morgan fingerprint density at radius 1 is 1.50 bits per heavy atom. The van der Waals surface area contributed by atoms with Crippen LogP contribution in [0.5, 0.6) is 0 Å². The van der Waals surface area contributed by atoms with Crippen molar-refractivity contribution >= 4 is 22.6 Å². The van der Waals surface area contributed by atoms with Gasteiger partial charge in [-0.3, -0.25) is 0 Å². The first-order valence-electron chi connectivity index (χ1n) is 5.59. The zero-order valence-electron chi connectivity index (χ0n) is 9.20. The van der Waals surface area contributed by atoms with E-state index in [1.807, 2.05) is 19.2 Å². The van der Waals surface area contributed by atoms with E-state index in [0.29, 0.717) is 6.04 Å². The molecular weight excluding hydrogens is 222 g/mol. The van der Waals surface area contributed by atoms with Crippen LogP contribution in [0.2, 0.25) is 5.02 Å². The molecule has 0 saturated heterocycles. The lowest BCUT2D eigenvalue weighted by atomic mass is 10.3. The van der Waals surface area contributed by atoms with Gasteiger partial charge in [0.25, 0.3) is 0 Å². The van der Waals surface area contributed by atoms with Gasteiger partial charge in [-0.15, -0.1) is 0 Å². The summed E-state index contributed by atoms with van der Waals surface area (Å²) >= 11 is 6.12. The molecule has 1 saturated carbocycles. The third kappa shape index (κ3) is 1.70. The number of nitrogens with one attached hydrogen (secondary N) is 1. The van der Waals surface area contributed by atoms with Crippen molar-refractivity contribution in [1.82, 2.24) is 14.9 Å². The molecule has 4 heteroatoms. The Morgan fingerprint density at radius 3 is 3.00 bits per heavy atom. The molecular formula is C12H14ClN3. The molecule has 1 N–H and O–H groups in total. The van der Waals surface area contributed by atoms with Crippen molar-refractivity contribution in [2.75, 3.05) is 0 Å². The largest absolute Gasteiger partial charge is 0.330 e. The summed E-state index contributed by atoms with van der Waals surface area (Å²) in [5.74, 6) is 1.05. The zero-order chi connectivity index (χ0) is 11.1. The lowest BCUT2D eigenvalue weighted by Gasteiger charge is -2.02. The van der Waals surface area contributed by atoms with Crippen LogP contribution in [0.25, 0.3) is 11.0 Å². The molecule has 0 spiro atoms. The number of aryl methyl sites for hydroxylation is 1. The molecule has 1 aromatic carbocycles. The number of nitrogens with zero attached hydrogens (tertiary/aromatic N) is 2. The highest BCUT2D eigenvalue weighted by Gasteiger charge is 2.21. The molecule has 3 rings (SSSR count). The number of hydrogen-bond donors (Lipinski definition) is 1. The molecule has 1 aliphatic carbocycles. The second-order valence-electron chi connectivity index (χ2n) is 4.35. The van der Waals surface area contributed by atoms with Crippen molar-refractivity contribution in [3.8, 4) is 0 Å². The van der Waals surface area contributed by atoms with Gasteiger partial charge in [-0.1, -0.05) is 17.7 Å². The minimum absolute atomic E-state index is 0.704. The molecule has 0 amide bonds. The van der Waals surface area contributed by atoms with Gasteiger partial charge < -0.3 is 9.88 Å². The van der Waals surface area contributed by atoms with Crippen molar-refractivity contribution in [3.05, 3.63) is 29.0 Å². The summed E-state index contributed by atoms with van der Waals surface area (Å²) in [4.78, 5) is 4.58. The van der Waals surface area contributed by atoms with Crippen molar-refractivity contribution in [2.24, 2.45) is 7.05 Å². The normalized spacial score (nSPS) is 15.9. The van der Waals surface area contributed by atoms with Gasteiger partial charge in [0.2, 0.25) is 0 Å². The molecule has 3 nitrogen and oxygen atoms in total. The molecule has 0 bridgehead atoms. The number of fused-ring (bicyclic) bond motifs is 1. The standard InChI is InChI=1S/C12H14ClN3/c1-16-10-4-2-3-9(13)12(10)15-11(16)7-14-8-5-6-8/h2-4,8,14H,5-7H2,1H3. The first-order chi connectivity index (χ1) is 7.75. The molecule has 2 aromatic rings. The summed E-state index contributed by atoms with van der Waals surface area (Å²) in [7, 11) is 2.04. The highest BCUT2D eigenvalue weighted by atomic mass is 35.5. The van der Waals surface area contributed by atoms with Gasteiger partial charge in [-0.05, 0) is 25.0 Å². The van der Waals surface area contributed by atoms with Gasteiger partial charge >= 0.3 is 0 Å². The third-order valence-corrected chi connectivity index (χ3v) is 3.39. The maximum absolute atomic E-state index is 6.12. The lowest BCUT2D eigenvalue weighted by molar-refractivity contribution is 0.639. The van der Waals surface area contributed by atoms with Crippen LogP contribution < -0.4 is 5.32 Å². The Hall–Kier alpha value is -1.06. The number of halogens is 1. The molecule has 0 unspecified atom stereocenters. The smallest absolute Gasteiger partial charge is 0.123 e. The molecule has 0 radical (unpaired) electrons. The first-order valence-corrected chi connectivity index (χ1v) is 5.96. The summed E-state index contributed by atoms with van der Waals surface area (Å²) in [6.07, 6.45) is 2.59. The van der Waals surface area contributed by atoms with Crippen molar-refractivity contribution < 1.29 is 0 Å². The van der Waals surface area contributed by atoms with Crippen LogP contribution in [0.3, 0.4) is 0 Å². The number of hydrogen-bond acceptors (Lipinski definition) is 2. The predicted octanol–water partition coefficient (Wildman–Crippen LogP) is 2.48. The van der Waals surface area contributed by atoms with Crippen molar-refractivity contribution in [1.29, 1.82) is 0 Å². The van der Waals surface area contributed by atoms with Crippen LogP contribution in [-0.2, 0) is 13.6 Å². The first kappa shape index (κ1) is 10.1. The van der Waals surface area contributed by atoms with E-state index in [2.05, 4.69) is 20.9 Å². The van der Waals surface area contributed by atoms with E-state index in [4.69, 9.17) is 11.6 Å².